The molecular weight excluding hydrogens is 471 g/mol. The van der Waals surface area contributed by atoms with Crippen LogP contribution >= 0.6 is 0 Å². The van der Waals surface area contributed by atoms with E-state index in [1.807, 2.05) is 0 Å². The summed E-state index contributed by atoms with van der Waals surface area (Å²) < 4.78 is 15.5. The van der Waals surface area contributed by atoms with E-state index >= 15 is 4.39 Å². The van der Waals surface area contributed by atoms with Gasteiger partial charge < -0.3 is 10.2 Å². The van der Waals surface area contributed by atoms with E-state index in [1.54, 1.807) is 77.7 Å². The van der Waals surface area contributed by atoms with Crippen LogP contribution in [0.5, 0.6) is 0 Å². The molecule has 0 unspecified atom stereocenters. The van der Waals surface area contributed by atoms with E-state index in [4.69, 9.17) is 0 Å². The molecular formula is C30H23FN2O4. The van der Waals surface area contributed by atoms with E-state index in [1.165, 1.54) is 19.9 Å². The minimum Gasteiger partial charge on any atom is -0.352 e. The van der Waals surface area contributed by atoms with Gasteiger partial charge in [-0.3, -0.25) is 19.2 Å². The number of nitrogens with one attached hydrogen (secondary N) is 1. The Labute approximate surface area is 212 Å². The highest BCUT2D eigenvalue weighted by Gasteiger charge is 2.71. The maximum absolute atomic E-state index is 15.5. The second-order valence-electron chi connectivity index (χ2n) is 9.76. The first-order valence-corrected chi connectivity index (χ1v) is 12.1. The zero-order valence-electron chi connectivity index (χ0n) is 20.2. The summed E-state index contributed by atoms with van der Waals surface area (Å²) in [5.74, 6) is -3.02. The third-order valence-corrected chi connectivity index (χ3v) is 7.81. The van der Waals surface area contributed by atoms with E-state index in [0.29, 0.717) is 16.9 Å². The average Bonchev–Trinajstić information content (AvgIpc) is 3.31. The van der Waals surface area contributed by atoms with E-state index in [0.717, 1.165) is 0 Å². The number of amides is 1. The molecule has 1 saturated heterocycles. The van der Waals surface area contributed by atoms with Crippen LogP contribution < -0.4 is 10.2 Å². The molecule has 0 radical (unpaired) electrons. The second-order valence-corrected chi connectivity index (χ2v) is 9.76. The maximum Gasteiger partial charge on any atom is 0.221 e. The van der Waals surface area contributed by atoms with Gasteiger partial charge in [-0.1, -0.05) is 60.7 Å². The number of ketones is 3. The Morgan fingerprint density at radius 2 is 1.54 bits per heavy atom. The normalized spacial score (nSPS) is 22.6. The summed E-state index contributed by atoms with van der Waals surface area (Å²) in [6.07, 6.45) is 3.51. The Bertz CT molecular complexity index is 1520. The zero-order chi connectivity index (χ0) is 26.1. The molecule has 1 amide bonds. The van der Waals surface area contributed by atoms with Gasteiger partial charge in [0.15, 0.2) is 17.3 Å². The van der Waals surface area contributed by atoms with E-state index < -0.39 is 40.8 Å². The van der Waals surface area contributed by atoms with E-state index in [-0.39, 0.29) is 28.4 Å². The van der Waals surface area contributed by atoms with Gasteiger partial charge in [0.1, 0.15) is 11.2 Å². The van der Waals surface area contributed by atoms with Crippen molar-refractivity contribution >= 4 is 40.7 Å². The molecule has 0 aromatic heterocycles. The number of nitrogens with zero attached hydrogens (tertiary/aromatic N) is 1. The van der Waals surface area contributed by atoms with Crippen molar-refractivity contribution in [1.82, 2.24) is 0 Å². The lowest BCUT2D eigenvalue weighted by atomic mass is 9.64. The van der Waals surface area contributed by atoms with Crippen molar-refractivity contribution in [2.45, 2.75) is 31.8 Å². The molecule has 6 nitrogen and oxygen atoms in total. The molecule has 1 fully saturated rings. The third kappa shape index (κ3) is 2.97. The van der Waals surface area contributed by atoms with Gasteiger partial charge in [-0.15, -0.1) is 0 Å². The molecule has 3 aromatic carbocycles. The topological polar surface area (TPSA) is 83.6 Å². The van der Waals surface area contributed by atoms with Gasteiger partial charge in [-0.05, 0) is 30.7 Å². The number of Topliss-reactive ketones (excluding diaryl/α,β-unsaturated/α-hetero) is 3. The molecule has 3 aliphatic rings. The first-order chi connectivity index (χ1) is 17.8. The lowest BCUT2D eigenvalue weighted by molar-refractivity contribution is -0.118. The Morgan fingerprint density at radius 1 is 0.892 bits per heavy atom. The molecule has 1 N–H and O–H groups in total. The number of halogens is 1. The SMILES string of the molecule is CC(=O)Nc1cccc2c1C=C[C@H]1N2[C@H](C(C)=O)[C@H](c2ccccc2F)C12C(=O)c1ccccc1C2=O. The van der Waals surface area contributed by atoms with Crippen LogP contribution in [-0.4, -0.2) is 35.3 Å². The Hall–Kier alpha value is -4.39. The second kappa shape index (κ2) is 8.06. The number of benzene rings is 3. The molecule has 1 spiro atoms. The first-order valence-electron chi connectivity index (χ1n) is 12.1. The summed E-state index contributed by atoms with van der Waals surface area (Å²) >= 11 is 0. The first kappa shape index (κ1) is 23.0. The number of anilines is 2. The maximum atomic E-state index is 15.5. The van der Waals surface area contributed by atoms with Crippen molar-refractivity contribution < 1.29 is 23.6 Å². The van der Waals surface area contributed by atoms with Crippen molar-refractivity contribution in [3.63, 3.8) is 0 Å². The fourth-order valence-corrected chi connectivity index (χ4v) is 6.52. The number of hydrogen-bond acceptors (Lipinski definition) is 5. The minimum atomic E-state index is -1.74. The number of rotatable bonds is 3. The van der Waals surface area contributed by atoms with Crippen LogP contribution in [0, 0.1) is 11.2 Å². The van der Waals surface area contributed by atoms with Crippen LogP contribution in [0.2, 0.25) is 0 Å². The largest absolute Gasteiger partial charge is 0.352 e. The van der Waals surface area contributed by atoms with Crippen LogP contribution in [0.15, 0.2) is 72.8 Å². The monoisotopic (exact) mass is 494 g/mol. The van der Waals surface area contributed by atoms with Gasteiger partial charge in [0.25, 0.3) is 0 Å². The van der Waals surface area contributed by atoms with Gasteiger partial charge in [-0.25, -0.2) is 4.39 Å². The fourth-order valence-electron chi connectivity index (χ4n) is 6.52. The summed E-state index contributed by atoms with van der Waals surface area (Å²) in [5, 5.41) is 2.81. The molecule has 1 aliphatic carbocycles. The van der Waals surface area contributed by atoms with Crippen molar-refractivity contribution in [2.75, 3.05) is 10.2 Å². The summed E-state index contributed by atoms with van der Waals surface area (Å²) in [6, 6.07) is 16.1. The van der Waals surface area contributed by atoms with Crippen LogP contribution in [0.4, 0.5) is 15.8 Å². The molecule has 3 atom stereocenters. The highest BCUT2D eigenvalue weighted by Crippen LogP contribution is 2.61. The predicted molar refractivity (Wildman–Crippen MR) is 137 cm³/mol. The summed E-state index contributed by atoms with van der Waals surface area (Å²) in [5.41, 5.74) is 0.764. The minimum absolute atomic E-state index is 0.152. The molecule has 2 aliphatic heterocycles. The van der Waals surface area contributed by atoms with Crippen LogP contribution in [0.1, 0.15) is 51.6 Å². The molecule has 0 bridgehead atoms. The molecule has 3 aromatic rings. The number of hydrogen-bond donors (Lipinski definition) is 1. The van der Waals surface area contributed by atoms with Crippen LogP contribution in [0.25, 0.3) is 6.08 Å². The third-order valence-electron chi connectivity index (χ3n) is 7.81. The molecule has 2 heterocycles. The lowest BCUT2D eigenvalue weighted by Gasteiger charge is -2.37. The average molecular weight is 495 g/mol. The van der Waals surface area contributed by atoms with Gasteiger partial charge in [0.2, 0.25) is 5.91 Å². The van der Waals surface area contributed by atoms with E-state index in [9.17, 15) is 19.2 Å². The quantitative estimate of drug-likeness (QED) is 0.529. The van der Waals surface area contributed by atoms with Crippen LogP contribution in [0.3, 0.4) is 0 Å². The molecule has 6 rings (SSSR count). The number of fused-ring (bicyclic) bond motifs is 5. The lowest BCUT2D eigenvalue weighted by Crippen LogP contribution is -2.48. The summed E-state index contributed by atoms with van der Waals surface area (Å²) in [6.45, 7) is 2.81. The summed E-state index contributed by atoms with van der Waals surface area (Å²) in [7, 11) is 0. The van der Waals surface area contributed by atoms with Gasteiger partial charge in [-0.2, -0.15) is 0 Å². The van der Waals surface area contributed by atoms with Gasteiger partial charge in [0, 0.05) is 35.2 Å². The van der Waals surface area contributed by atoms with Crippen LogP contribution in [-0.2, 0) is 9.59 Å². The molecule has 0 saturated carbocycles. The number of carbonyl (C=O) groups excluding carboxylic acids is 4. The molecule has 184 valence electrons. The summed E-state index contributed by atoms with van der Waals surface area (Å²) in [4.78, 5) is 55.7. The van der Waals surface area contributed by atoms with Gasteiger partial charge in [0.05, 0.1) is 17.8 Å². The Kier molecular flexibility index (Phi) is 5.02. The standard InChI is InChI=1S/C30H23FN2O4/c1-16(34)27-26(20-10-5-6-11-22(20)31)30(28(36)18-8-3-4-9-19(18)29(30)37)25-15-14-21-23(32-17(2)35)12-7-13-24(21)33(25)27/h3-15,25-27H,1-2H3,(H,32,35)/t25-,26+,27-/m1/s1. The van der Waals surface area contributed by atoms with Crippen molar-refractivity contribution in [3.8, 4) is 0 Å². The fraction of sp³-hybridized carbons (Fsp3) is 0.200. The highest BCUT2D eigenvalue weighted by molar-refractivity contribution is 6.32. The van der Waals surface area contributed by atoms with Gasteiger partial charge >= 0.3 is 0 Å². The predicted octanol–water partition coefficient (Wildman–Crippen LogP) is 4.81. The number of carbonyl (C=O) groups is 4. The van der Waals surface area contributed by atoms with Crippen molar-refractivity contribution in [1.29, 1.82) is 0 Å². The Balaban J connectivity index is 1.67. The highest BCUT2D eigenvalue weighted by atomic mass is 19.1. The molecule has 7 heteroatoms. The van der Waals surface area contributed by atoms with Crippen molar-refractivity contribution in [2.24, 2.45) is 5.41 Å². The zero-order valence-corrected chi connectivity index (χ0v) is 20.2. The smallest absolute Gasteiger partial charge is 0.221 e. The van der Waals surface area contributed by atoms with Crippen molar-refractivity contribution in [3.05, 3.63) is 101 Å². The molecule has 37 heavy (non-hydrogen) atoms. The Morgan fingerprint density at radius 3 is 2.16 bits per heavy atom. The van der Waals surface area contributed by atoms with E-state index in [2.05, 4.69) is 5.32 Å².